The molecule has 1 unspecified atom stereocenters. The van der Waals surface area contributed by atoms with Gasteiger partial charge >= 0.3 is 10.2 Å². The third-order valence-electron chi connectivity index (χ3n) is 3.21. The molecule has 2 rings (SSSR count). The van der Waals surface area contributed by atoms with Crippen LogP contribution in [0.15, 0.2) is 11.4 Å². The summed E-state index contributed by atoms with van der Waals surface area (Å²) in [6, 6.07) is 0. The van der Waals surface area contributed by atoms with Crippen LogP contribution in [0.25, 0.3) is 0 Å². The number of rotatable bonds is 4. The summed E-state index contributed by atoms with van der Waals surface area (Å²) in [5.41, 5.74) is 5.65. The van der Waals surface area contributed by atoms with E-state index >= 15 is 0 Å². The standard InChI is InChI=1S/C10H18N6O3S/c1-7-3-2-4-16(6-7)20(18,19)15-10-8(5-12-13-10)9(11)14-17/h5,7,17H,2-4,6H2,1H3,(H2,11,14)(H2,12,13,15). The molecule has 20 heavy (non-hydrogen) atoms. The minimum Gasteiger partial charge on any atom is -0.409 e. The summed E-state index contributed by atoms with van der Waals surface area (Å²) < 4.78 is 28.3. The van der Waals surface area contributed by atoms with E-state index in [0.717, 1.165) is 12.8 Å². The van der Waals surface area contributed by atoms with Gasteiger partial charge in [0.1, 0.15) is 5.82 Å². The molecule has 0 aromatic carbocycles. The Balaban J connectivity index is 2.18. The number of piperidine rings is 1. The van der Waals surface area contributed by atoms with Gasteiger partial charge in [-0.25, -0.2) is 0 Å². The van der Waals surface area contributed by atoms with E-state index in [1.54, 1.807) is 0 Å². The molecule has 9 nitrogen and oxygen atoms in total. The minimum absolute atomic E-state index is 0.0820. The molecule has 10 heteroatoms. The van der Waals surface area contributed by atoms with E-state index in [1.807, 2.05) is 6.92 Å². The number of amidine groups is 1. The van der Waals surface area contributed by atoms with E-state index in [1.165, 1.54) is 10.5 Å². The molecule has 1 aliphatic rings. The topological polar surface area (TPSA) is 137 Å². The lowest BCUT2D eigenvalue weighted by Gasteiger charge is -2.29. The van der Waals surface area contributed by atoms with E-state index in [-0.39, 0.29) is 17.2 Å². The van der Waals surface area contributed by atoms with Crippen molar-refractivity contribution < 1.29 is 13.6 Å². The van der Waals surface area contributed by atoms with Gasteiger partial charge in [0.2, 0.25) is 0 Å². The lowest BCUT2D eigenvalue weighted by molar-refractivity contribution is 0.282. The van der Waals surface area contributed by atoms with E-state index in [0.29, 0.717) is 19.0 Å². The highest BCUT2D eigenvalue weighted by molar-refractivity contribution is 7.90. The Morgan fingerprint density at radius 2 is 2.45 bits per heavy atom. The second kappa shape index (κ2) is 5.67. The van der Waals surface area contributed by atoms with Crippen LogP contribution in [0.1, 0.15) is 25.3 Å². The van der Waals surface area contributed by atoms with Gasteiger partial charge in [-0.2, -0.15) is 17.8 Å². The van der Waals surface area contributed by atoms with Crippen molar-refractivity contribution in [3.05, 3.63) is 11.8 Å². The Morgan fingerprint density at radius 1 is 1.70 bits per heavy atom. The number of H-pyrrole nitrogens is 1. The lowest BCUT2D eigenvalue weighted by Crippen LogP contribution is -2.42. The molecule has 1 fully saturated rings. The van der Waals surface area contributed by atoms with Gasteiger partial charge < -0.3 is 10.9 Å². The Hall–Kier alpha value is -1.81. The molecule has 0 saturated carbocycles. The van der Waals surface area contributed by atoms with Crippen LogP contribution in [-0.2, 0) is 10.2 Å². The molecule has 0 amide bonds. The maximum Gasteiger partial charge on any atom is 0.302 e. The zero-order valence-corrected chi connectivity index (χ0v) is 11.9. The third-order valence-corrected chi connectivity index (χ3v) is 4.69. The average molecular weight is 302 g/mol. The van der Waals surface area contributed by atoms with Crippen molar-refractivity contribution in [3.63, 3.8) is 0 Å². The van der Waals surface area contributed by atoms with Crippen molar-refractivity contribution in [2.45, 2.75) is 19.8 Å². The normalized spacial score (nSPS) is 21.9. The first kappa shape index (κ1) is 14.6. The van der Waals surface area contributed by atoms with Crippen LogP contribution in [0.2, 0.25) is 0 Å². The molecule has 0 bridgehead atoms. The quantitative estimate of drug-likeness (QED) is 0.266. The number of oxime groups is 1. The predicted molar refractivity (Wildman–Crippen MR) is 73.6 cm³/mol. The minimum atomic E-state index is -3.68. The van der Waals surface area contributed by atoms with Crippen LogP contribution < -0.4 is 10.5 Å². The van der Waals surface area contributed by atoms with E-state index in [9.17, 15) is 8.42 Å². The van der Waals surface area contributed by atoms with Gasteiger partial charge in [-0.15, -0.1) is 0 Å². The number of hydrogen-bond acceptors (Lipinski definition) is 5. The van der Waals surface area contributed by atoms with Crippen molar-refractivity contribution in [1.82, 2.24) is 14.5 Å². The van der Waals surface area contributed by atoms with Gasteiger partial charge in [0.15, 0.2) is 5.84 Å². The molecule has 5 N–H and O–H groups in total. The maximum absolute atomic E-state index is 12.3. The van der Waals surface area contributed by atoms with Gasteiger partial charge in [-0.1, -0.05) is 12.1 Å². The number of nitrogens with two attached hydrogens (primary N) is 1. The maximum atomic E-state index is 12.3. The average Bonchev–Trinajstić information content (AvgIpc) is 2.85. The zero-order valence-electron chi connectivity index (χ0n) is 11.1. The first-order valence-electron chi connectivity index (χ1n) is 6.23. The highest BCUT2D eigenvalue weighted by atomic mass is 32.2. The van der Waals surface area contributed by atoms with Crippen molar-refractivity contribution in [1.29, 1.82) is 0 Å². The molecule has 1 aromatic heterocycles. The number of aromatic nitrogens is 2. The van der Waals surface area contributed by atoms with Gasteiger partial charge in [-0.3, -0.25) is 9.82 Å². The number of aromatic amines is 1. The number of hydrogen-bond donors (Lipinski definition) is 4. The summed E-state index contributed by atoms with van der Waals surface area (Å²) in [5.74, 6) is 0.188. The monoisotopic (exact) mass is 302 g/mol. The molecule has 112 valence electrons. The van der Waals surface area contributed by atoms with E-state index < -0.39 is 10.2 Å². The number of nitrogens with zero attached hydrogens (tertiary/aromatic N) is 3. The summed E-state index contributed by atoms with van der Waals surface area (Å²) in [6.07, 6.45) is 3.13. The fraction of sp³-hybridized carbons (Fsp3) is 0.600. The molecule has 1 atom stereocenters. The molecule has 1 saturated heterocycles. The van der Waals surface area contributed by atoms with Crippen LogP contribution in [0.4, 0.5) is 5.82 Å². The first-order valence-corrected chi connectivity index (χ1v) is 7.67. The Bertz CT molecular complexity index is 596. The Labute approximate surface area is 117 Å². The largest absolute Gasteiger partial charge is 0.409 e. The van der Waals surface area contributed by atoms with Crippen molar-refractivity contribution >= 4 is 21.9 Å². The van der Waals surface area contributed by atoms with Crippen LogP contribution in [0, 0.1) is 5.92 Å². The second-order valence-electron chi connectivity index (χ2n) is 4.86. The smallest absolute Gasteiger partial charge is 0.302 e. The van der Waals surface area contributed by atoms with Gasteiger partial charge in [0.25, 0.3) is 0 Å². The van der Waals surface area contributed by atoms with Crippen LogP contribution >= 0.6 is 0 Å². The van der Waals surface area contributed by atoms with Gasteiger partial charge in [0.05, 0.1) is 11.8 Å². The van der Waals surface area contributed by atoms with Gasteiger partial charge in [-0.05, 0) is 18.8 Å². The molecule has 1 aromatic rings. The molecular formula is C10H18N6O3S. The lowest BCUT2D eigenvalue weighted by atomic mass is 10.0. The van der Waals surface area contributed by atoms with Gasteiger partial charge in [0, 0.05) is 13.1 Å². The summed E-state index contributed by atoms with van der Waals surface area (Å²) in [7, 11) is -3.68. The van der Waals surface area contributed by atoms with Crippen molar-refractivity contribution in [2.75, 3.05) is 17.8 Å². The number of nitrogens with one attached hydrogen (secondary N) is 2. The molecule has 0 radical (unpaired) electrons. The van der Waals surface area contributed by atoms with Crippen molar-refractivity contribution in [3.8, 4) is 0 Å². The zero-order chi connectivity index (χ0) is 14.8. The number of anilines is 1. The Morgan fingerprint density at radius 3 is 3.10 bits per heavy atom. The SMILES string of the molecule is CC1CCCN(S(=O)(=O)Nc2[nH]ncc2C(N)=NO)C1. The highest BCUT2D eigenvalue weighted by Crippen LogP contribution is 2.20. The van der Waals surface area contributed by atoms with Crippen LogP contribution in [0.3, 0.4) is 0 Å². The summed E-state index contributed by atoms with van der Waals surface area (Å²) >= 11 is 0. The molecule has 0 aliphatic carbocycles. The van der Waals surface area contributed by atoms with E-state index in [2.05, 4.69) is 20.1 Å². The Kier molecular flexibility index (Phi) is 4.14. The fourth-order valence-corrected chi connectivity index (χ4v) is 3.53. The fourth-order valence-electron chi connectivity index (χ4n) is 2.17. The summed E-state index contributed by atoms with van der Waals surface area (Å²) in [4.78, 5) is 0. The molecule has 2 heterocycles. The highest BCUT2D eigenvalue weighted by Gasteiger charge is 2.28. The van der Waals surface area contributed by atoms with Crippen LogP contribution in [-0.4, -0.2) is 47.1 Å². The summed E-state index contributed by atoms with van der Waals surface area (Å²) in [6.45, 7) is 2.97. The second-order valence-corrected chi connectivity index (χ2v) is 6.53. The molecule has 1 aliphatic heterocycles. The summed E-state index contributed by atoms with van der Waals surface area (Å²) in [5, 5.41) is 17.7. The van der Waals surface area contributed by atoms with E-state index in [4.69, 9.17) is 10.9 Å². The van der Waals surface area contributed by atoms with Crippen LogP contribution in [0.5, 0.6) is 0 Å². The predicted octanol–water partition coefficient (Wildman–Crippen LogP) is -0.107. The van der Waals surface area contributed by atoms with Crippen molar-refractivity contribution in [2.24, 2.45) is 16.8 Å². The third kappa shape index (κ3) is 3.02. The molecule has 0 spiro atoms. The molecular weight excluding hydrogens is 284 g/mol. The first-order chi connectivity index (χ1) is 9.44.